The molecule has 2 heterocycles. The Morgan fingerprint density at radius 1 is 1.22 bits per heavy atom. The van der Waals surface area contributed by atoms with Gasteiger partial charge in [-0.15, -0.1) is 0 Å². The number of piperidine rings is 1. The molecule has 5 nitrogen and oxygen atoms in total. The zero-order valence-corrected chi connectivity index (χ0v) is 16.2. The number of likely N-dealkylation sites (tertiary alicyclic amines) is 1. The molecule has 2 aliphatic carbocycles. The van der Waals surface area contributed by atoms with Crippen molar-refractivity contribution in [3.63, 3.8) is 0 Å². The second kappa shape index (κ2) is 6.87. The van der Waals surface area contributed by atoms with E-state index in [0.29, 0.717) is 25.2 Å². The van der Waals surface area contributed by atoms with Crippen LogP contribution in [-0.4, -0.2) is 49.4 Å². The molecule has 146 valence electrons. The van der Waals surface area contributed by atoms with Gasteiger partial charge in [0.25, 0.3) is 0 Å². The third-order valence-electron chi connectivity index (χ3n) is 7.23. The van der Waals surface area contributed by atoms with Crippen LogP contribution in [0, 0.1) is 11.8 Å². The van der Waals surface area contributed by atoms with Crippen LogP contribution in [0.15, 0.2) is 24.3 Å². The number of nitrogens with one attached hydrogen (secondary N) is 1. The van der Waals surface area contributed by atoms with Gasteiger partial charge in [-0.25, -0.2) is 0 Å². The molecule has 1 amide bonds. The summed E-state index contributed by atoms with van der Waals surface area (Å²) >= 11 is 0. The van der Waals surface area contributed by atoms with Crippen LogP contribution in [-0.2, 0) is 20.7 Å². The fraction of sp³-hybridized carbons (Fsp3) is 0.682. The maximum Gasteiger partial charge on any atom is 0.224 e. The molecule has 1 saturated carbocycles. The van der Waals surface area contributed by atoms with Gasteiger partial charge in [0.05, 0.1) is 25.2 Å². The molecule has 1 aromatic rings. The summed E-state index contributed by atoms with van der Waals surface area (Å²) in [6.45, 7) is 2.27. The van der Waals surface area contributed by atoms with E-state index in [1.807, 2.05) is 0 Å². The number of nitrogens with zero attached hydrogens (tertiary/aromatic N) is 1. The van der Waals surface area contributed by atoms with Gasteiger partial charge in [0, 0.05) is 25.4 Å². The Morgan fingerprint density at radius 3 is 2.89 bits per heavy atom. The molecule has 2 saturated heterocycles. The molecular weight excluding hydrogens is 340 g/mol. The summed E-state index contributed by atoms with van der Waals surface area (Å²) in [5.41, 5.74) is 2.69. The average Bonchev–Trinajstić information content (AvgIpc) is 3.29. The zero-order chi connectivity index (χ0) is 18.4. The maximum atomic E-state index is 13.1. The smallest absolute Gasteiger partial charge is 0.224 e. The van der Waals surface area contributed by atoms with E-state index in [4.69, 9.17) is 9.47 Å². The molecular formula is C22H30N2O3. The van der Waals surface area contributed by atoms with Gasteiger partial charge in [-0.2, -0.15) is 0 Å². The third-order valence-corrected chi connectivity index (χ3v) is 7.23. The van der Waals surface area contributed by atoms with Crippen molar-refractivity contribution in [3.8, 4) is 0 Å². The molecule has 2 aliphatic heterocycles. The highest BCUT2D eigenvalue weighted by Gasteiger charge is 2.49. The highest BCUT2D eigenvalue weighted by Crippen LogP contribution is 2.45. The van der Waals surface area contributed by atoms with E-state index in [1.54, 1.807) is 0 Å². The minimum Gasteiger partial charge on any atom is -0.349 e. The Balaban J connectivity index is 1.26. The number of aryl methyl sites for hydroxylation is 1. The number of rotatable bonds is 2. The molecule has 5 heteroatoms. The van der Waals surface area contributed by atoms with Crippen molar-refractivity contribution in [2.75, 3.05) is 26.8 Å². The van der Waals surface area contributed by atoms with Crippen molar-refractivity contribution in [2.45, 2.75) is 56.4 Å². The minimum absolute atomic E-state index is 0.0561. The van der Waals surface area contributed by atoms with Crippen molar-refractivity contribution >= 4 is 5.91 Å². The van der Waals surface area contributed by atoms with Crippen LogP contribution in [0.3, 0.4) is 0 Å². The lowest BCUT2D eigenvalue weighted by Crippen LogP contribution is -2.55. The van der Waals surface area contributed by atoms with Crippen LogP contribution < -0.4 is 5.32 Å². The monoisotopic (exact) mass is 370 g/mol. The topological polar surface area (TPSA) is 50.8 Å². The van der Waals surface area contributed by atoms with E-state index in [-0.39, 0.29) is 23.7 Å². The van der Waals surface area contributed by atoms with Gasteiger partial charge >= 0.3 is 0 Å². The van der Waals surface area contributed by atoms with Crippen LogP contribution in [0.25, 0.3) is 0 Å². The molecule has 0 bridgehead atoms. The Bertz CT molecular complexity index is 715. The number of carbonyl (C=O) groups excluding carboxylic acids is 1. The molecule has 0 radical (unpaired) electrons. The van der Waals surface area contributed by atoms with Crippen molar-refractivity contribution in [3.05, 3.63) is 35.4 Å². The highest BCUT2D eigenvalue weighted by molar-refractivity contribution is 5.79. The number of hydrogen-bond donors (Lipinski definition) is 1. The zero-order valence-electron chi connectivity index (χ0n) is 16.2. The SMILES string of the molecule is CN1CC(C(=O)N[C@H]2CCc3ccccc32)CC2CC3(CCC21)OCCO3. The lowest BCUT2D eigenvalue weighted by Gasteiger charge is -2.49. The second-order valence-corrected chi connectivity index (χ2v) is 8.85. The van der Waals surface area contributed by atoms with Crippen molar-refractivity contribution in [1.29, 1.82) is 0 Å². The molecule has 4 aliphatic rings. The average molecular weight is 370 g/mol. The van der Waals surface area contributed by atoms with Gasteiger partial charge in [-0.1, -0.05) is 24.3 Å². The second-order valence-electron chi connectivity index (χ2n) is 8.85. The largest absolute Gasteiger partial charge is 0.349 e. The van der Waals surface area contributed by atoms with Crippen LogP contribution in [0.4, 0.5) is 0 Å². The summed E-state index contributed by atoms with van der Waals surface area (Å²) < 4.78 is 11.9. The van der Waals surface area contributed by atoms with E-state index in [2.05, 4.69) is 41.5 Å². The molecule has 3 fully saturated rings. The lowest BCUT2D eigenvalue weighted by atomic mass is 9.72. The van der Waals surface area contributed by atoms with Crippen LogP contribution in [0.5, 0.6) is 0 Å². The predicted molar refractivity (Wildman–Crippen MR) is 102 cm³/mol. The molecule has 1 spiro atoms. The maximum absolute atomic E-state index is 13.1. The summed E-state index contributed by atoms with van der Waals surface area (Å²) in [6.07, 6.45) is 6.04. The predicted octanol–water partition coefficient (Wildman–Crippen LogP) is 2.65. The van der Waals surface area contributed by atoms with E-state index < -0.39 is 0 Å². The number of hydrogen-bond acceptors (Lipinski definition) is 4. The lowest BCUT2D eigenvalue weighted by molar-refractivity contribution is -0.202. The molecule has 27 heavy (non-hydrogen) atoms. The number of carbonyl (C=O) groups is 1. The normalized spacial score (nSPS) is 35.0. The van der Waals surface area contributed by atoms with E-state index in [0.717, 1.165) is 45.1 Å². The van der Waals surface area contributed by atoms with E-state index in [1.165, 1.54) is 11.1 Å². The van der Waals surface area contributed by atoms with Crippen molar-refractivity contribution in [2.24, 2.45) is 11.8 Å². The summed E-state index contributed by atoms with van der Waals surface area (Å²) in [4.78, 5) is 15.5. The van der Waals surface area contributed by atoms with E-state index in [9.17, 15) is 4.79 Å². The Kier molecular flexibility index (Phi) is 4.49. The summed E-state index contributed by atoms with van der Waals surface area (Å²) in [5.74, 6) is 0.378. The van der Waals surface area contributed by atoms with Crippen molar-refractivity contribution in [1.82, 2.24) is 10.2 Å². The first kappa shape index (κ1) is 17.7. The number of ether oxygens (including phenoxy) is 2. The van der Waals surface area contributed by atoms with Gasteiger partial charge in [-0.3, -0.25) is 4.79 Å². The quantitative estimate of drug-likeness (QED) is 0.870. The first-order valence-electron chi connectivity index (χ1n) is 10.5. The standard InChI is InChI=1S/C22H30N2O3/c1-24-14-17(12-16-13-22(9-8-20(16)24)26-10-11-27-22)21(25)23-19-7-6-15-4-2-3-5-18(15)19/h2-5,16-17,19-20H,6-14H2,1H3,(H,23,25)/t16?,17?,19-,20?/m0/s1. The summed E-state index contributed by atoms with van der Waals surface area (Å²) in [7, 11) is 2.18. The summed E-state index contributed by atoms with van der Waals surface area (Å²) in [5, 5.41) is 3.35. The first-order valence-corrected chi connectivity index (χ1v) is 10.5. The molecule has 1 aromatic carbocycles. The van der Waals surface area contributed by atoms with Gasteiger partial charge in [0.1, 0.15) is 0 Å². The van der Waals surface area contributed by atoms with Gasteiger partial charge < -0.3 is 19.7 Å². The summed E-state index contributed by atoms with van der Waals surface area (Å²) in [6, 6.07) is 9.24. The molecule has 3 unspecified atom stereocenters. The van der Waals surface area contributed by atoms with Crippen LogP contribution >= 0.6 is 0 Å². The van der Waals surface area contributed by atoms with Crippen LogP contribution in [0.2, 0.25) is 0 Å². The van der Waals surface area contributed by atoms with Gasteiger partial charge in [0.15, 0.2) is 5.79 Å². The van der Waals surface area contributed by atoms with Crippen molar-refractivity contribution < 1.29 is 14.3 Å². The molecule has 0 aromatic heterocycles. The van der Waals surface area contributed by atoms with E-state index >= 15 is 0 Å². The third kappa shape index (κ3) is 3.20. The fourth-order valence-electron chi connectivity index (χ4n) is 5.93. The van der Waals surface area contributed by atoms with Crippen LogP contribution in [0.1, 0.15) is 49.3 Å². The molecule has 1 N–H and O–H groups in total. The number of benzene rings is 1. The highest BCUT2D eigenvalue weighted by atomic mass is 16.7. The molecule has 4 atom stereocenters. The Morgan fingerprint density at radius 2 is 2.04 bits per heavy atom. The van der Waals surface area contributed by atoms with Gasteiger partial charge in [-0.05, 0) is 49.8 Å². The van der Waals surface area contributed by atoms with Gasteiger partial charge in [0.2, 0.25) is 5.91 Å². The minimum atomic E-state index is -0.370. The Labute approximate surface area is 161 Å². The molecule has 5 rings (SSSR count). The fourth-order valence-corrected chi connectivity index (χ4v) is 5.93. The Hall–Kier alpha value is -1.43. The number of amides is 1. The first-order chi connectivity index (χ1) is 13.1. The number of fused-ring (bicyclic) bond motifs is 2.